The number of thiazole rings is 1. The van der Waals surface area contributed by atoms with Gasteiger partial charge in [-0.25, -0.2) is 9.78 Å². The van der Waals surface area contributed by atoms with Crippen molar-refractivity contribution in [1.82, 2.24) is 15.0 Å². The Morgan fingerprint density at radius 3 is 2.71 bits per heavy atom. The zero-order chi connectivity index (χ0) is 15.0. The quantitative estimate of drug-likeness (QED) is 0.762. The number of rotatable bonds is 2. The highest BCUT2D eigenvalue weighted by Gasteiger charge is 2.10. The maximum Gasteiger partial charge on any atom is 0.345 e. The van der Waals surface area contributed by atoms with Crippen LogP contribution in [0.1, 0.15) is 11.3 Å². The van der Waals surface area contributed by atoms with Crippen LogP contribution in [0.4, 0.5) is 0 Å². The van der Waals surface area contributed by atoms with Crippen LogP contribution < -0.4 is 5.69 Å². The van der Waals surface area contributed by atoms with Crippen molar-refractivity contribution < 1.29 is 5.11 Å². The van der Waals surface area contributed by atoms with Gasteiger partial charge < -0.3 is 10.1 Å². The van der Waals surface area contributed by atoms with Crippen LogP contribution in [0.15, 0.2) is 34.6 Å². The number of H-pyrrole nitrogens is 1. The highest BCUT2D eigenvalue weighted by Crippen LogP contribution is 2.28. The minimum absolute atomic E-state index is 0.224. The van der Waals surface area contributed by atoms with Gasteiger partial charge >= 0.3 is 5.69 Å². The molecule has 6 heteroatoms. The molecule has 1 aromatic carbocycles. The van der Waals surface area contributed by atoms with Gasteiger partial charge in [-0.15, -0.1) is 11.3 Å². The van der Waals surface area contributed by atoms with Crippen LogP contribution in [0.25, 0.3) is 21.8 Å². The van der Waals surface area contributed by atoms with Gasteiger partial charge in [-0.3, -0.25) is 0 Å². The van der Waals surface area contributed by atoms with E-state index in [2.05, 4.69) is 15.0 Å². The number of nitrogens with zero attached hydrogens (tertiary/aromatic N) is 2. The first-order valence-electron chi connectivity index (χ1n) is 6.36. The van der Waals surface area contributed by atoms with Gasteiger partial charge in [0.25, 0.3) is 0 Å². The number of phenols is 1. The van der Waals surface area contributed by atoms with E-state index in [9.17, 15) is 9.90 Å². The molecule has 2 N–H and O–H groups in total. The van der Waals surface area contributed by atoms with Crippen LogP contribution >= 0.6 is 11.3 Å². The third-order valence-corrected chi connectivity index (χ3v) is 4.19. The van der Waals surface area contributed by atoms with E-state index in [4.69, 9.17) is 0 Å². The molecule has 0 aliphatic carbocycles. The number of aryl methyl sites for hydroxylation is 2. The topological polar surface area (TPSA) is 78.9 Å². The minimum atomic E-state index is -0.402. The second-order valence-corrected chi connectivity index (χ2v) is 5.61. The Kier molecular flexibility index (Phi) is 3.31. The molecular weight excluding hydrogens is 286 g/mol. The van der Waals surface area contributed by atoms with E-state index in [0.29, 0.717) is 11.4 Å². The third kappa shape index (κ3) is 2.57. The Hall–Kier alpha value is -2.47. The first kappa shape index (κ1) is 13.5. The van der Waals surface area contributed by atoms with Crippen molar-refractivity contribution >= 4 is 11.3 Å². The van der Waals surface area contributed by atoms with E-state index >= 15 is 0 Å². The first-order valence-corrected chi connectivity index (χ1v) is 7.24. The predicted molar refractivity (Wildman–Crippen MR) is 82.5 cm³/mol. The molecule has 0 saturated carbocycles. The maximum absolute atomic E-state index is 11.8. The van der Waals surface area contributed by atoms with Gasteiger partial charge in [-0.1, -0.05) is 0 Å². The second-order valence-electron chi connectivity index (χ2n) is 4.75. The smallest absolute Gasteiger partial charge is 0.345 e. The normalized spacial score (nSPS) is 10.8. The fraction of sp³-hybridized carbons (Fsp3) is 0.133. The number of nitrogens with one attached hydrogen (secondary N) is 1. The van der Waals surface area contributed by atoms with Gasteiger partial charge in [0.05, 0.1) is 27.5 Å². The van der Waals surface area contributed by atoms with Crippen molar-refractivity contribution in [2.75, 3.05) is 0 Å². The van der Waals surface area contributed by atoms with Crippen molar-refractivity contribution in [1.29, 1.82) is 0 Å². The molecule has 0 bridgehead atoms. The molecule has 106 valence electrons. The van der Waals surface area contributed by atoms with Crippen LogP contribution in [-0.4, -0.2) is 20.1 Å². The molecule has 2 heterocycles. The molecule has 3 aromatic rings. The lowest BCUT2D eigenvalue weighted by Crippen LogP contribution is -2.11. The molecule has 0 radical (unpaired) electrons. The molecule has 0 unspecified atom stereocenters. The summed E-state index contributed by atoms with van der Waals surface area (Å²) in [6.45, 7) is 3.70. The van der Waals surface area contributed by atoms with E-state index in [-0.39, 0.29) is 5.75 Å². The molecule has 0 aliphatic heterocycles. The molecule has 0 fully saturated rings. The Morgan fingerprint density at radius 1 is 1.24 bits per heavy atom. The molecule has 0 amide bonds. The average molecular weight is 299 g/mol. The average Bonchev–Trinajstić information content (AvgIpc) is 2.87. The van der Waals surface area contributed by atoms with Crippen molar-refractivity contribution in [3.63, 3.8) is 0 Å². The summed E-state index contributed by atoms with van der Waals surface area (Å²) in [4.78, 5) is 23.7. The lowest BCUT2D eigenvalue weighted by molar-refractivity contribution is 0.471. The summed E-state index contributed by atoms with van der Waals surface area (Å²) >= 11 is 1.47. The molecule has 0 aliphatic rings. The number of aromatic nitrogens is 3. The van der Waals surface area contributed by atoms with E-state index in [0.717, 1.165) is 21.7 Å². The lowest BCUT2D eigenvalue weighted by Gasteiger charge is -2.06. The number of aromatic amines is 1. The largest absolute Gasteiger partial charge is 0.508 e. The van der Waals surface area contributed by atoms with Gasteiger partial charge in [-0.05, 0) is 43.7 Å². The highest BCUT2D eigenvalue weighted by molar-refractivity contribution is 7.13. The maximum atomic E-state index is 11.8. The molecular formula is C15H13N3O2S. The summed E-state index contributed by atoms with van der Waals surface area (Å²) in [6.07, 6.45) is 0. The Bertz CT molecular complexity index is 867. The van der Waals surface area contributed by atoms with Crippen LogP contribution in [0.3, 0.4) is 0 Å². The number of hydrogen-bond donors (Lipinski definition) is 2. The lowest BCUT2D eigenvalue weighted by atomic mass is 10.1. The number of benzene rings is 1. The zero-order valence-corrected chi connectivity index (χ0v) is 12.4. The van der Waals surface area contributed by atoms with Crippen molar-refractivity contribution in [3.05, 3.63) is 51.5 Å². The molecule has 0 atom stereocenters. The summed E-state index contributed by atoms with van der Waals surface area (Å²) in [6, 6.07) is 6.98. The first-order chi connectivity index (χ1) is 10.0. The number of phenolic OH excluding ortho intramolecular Hbond substituents is 1. The molecule has 2 aromatic heterocycles. The van der Waals surface area contributed by atoms with Crippen LogP contribution in [0, 0.1) is 13.8 Å². The number of hydrogen-bond acceptors (Lipinski definition) is 5. The standard InChI is InChI=1S/C15H13N3O2S/c1-8-5-10(3-4-13(8)19)11-6-12(18-15(20)17-11)14-9(2)16-7-21-14/h3-7,19H,1-2H3,(H,17,18,20). The molecule has 5 nitrogen and oxygen atoms in total. The summed E-state index contributed by atoms with van der Waals surface area (Å²) in [5, 5.41) is 9.59. The Morgan fingerprint density at radius 2 is 2.05 bits per heavy atom. The van der Waals surface area contributed by atoms with Gasteiger partial charge in [-0.2, -0.15) is 4.98 Å². The summed E-state index contributed by atoms with van der Waals surface area (Å²) < 4.78 is 0. The Balaban J connectivity index is 2.16. The van der Waals surface area contributed by atoms with Crippen LogP contribution in [-0.2, 0) is 0 Å². The van der Waals surface area contributed by atoms with Crippen molar-refractivity contribution in [2.45, 2.75) is 13.8 Å². The molecule has 0 saturated heterocycles. The third-order valence-electron chi connectivity index (χ3n) is 3.23. The SMILES string of the molecule is Cc1cc(-c2cc(-c3scnc3C)[nH]c(=O)n2)ccc1O. The second kappa shape index (κ2) is 5.14. The van der Waals surface area contributed by atoms with Crippen LogP contribution in [0.2, 0.25) is 0 Å². The van der Waals surface area contributed by atoms with Gasteiger partial charge in [0.2, 0.25) is 0 Å². The highest BCUT2D eigenvalue weighted by atomic mass is 32.1. The van der Waals surface area contributed by atoms with Crippen LogP contribution in [0.5, 0.6) is 5.75 Å². The van der Waals surface area contributed by atoms with Crippen molar-refractivity contribution in [2.24, 2.45) is 0 Å². The molecule has 0 spiro atoms. The summed E-state index contributed by atoms with van der Waals surface area (Å²) in [7, 11) is 0. The van der Waals surface area contributed by atoms with Gasteiger partial charge in [0.1, 0.15) is 5.75 Å². The molecule has 3 rings (SSSR count). The zero-order valence-electron chi connectivity index (χ0n) is 11.5. The minimum Gasteiger partial charge on any atom is -0.508 e. The van der Waals surface area contributed by atoms with Gasteiger partial charge in [0, 0.05) is 5.56 Å². The fourth-order valence-corrected chi connectivity index (χ4v) is 2.88. The molecule has 21 heavy (non-hydrogen) atoms. The van der Waals surface area contributed by atoms with E-state index in [1.54, 1.807) is 30.6 Å². The number of aromatic hydroxyl groups is 1. The van der Waals surface area contributed by atoms with E-state index in [1.165, 1.54) is 11.3 Å². The van der Waals surface area contributed by atoms with Crippen molar-refractivity contribution in [3.8, 4) is 27.6 Å². The monoisotopic (exact) mass is 299 g/mol. The van der Waals surface area contributed by atoms with E-state index in [1.807, 2.05) is 13.0 Å². The van der Waals surface area contributed by atoms with E-state index < -0.39 is 5.69 Å². The fourth-order valence-electron chi connectivity index (χ4n) is 2.10. The predicted octanol–water partition coefficient (Wildman–Crippen LogP) is 2.88. The summed E-state index contributed by atoms with van der Waals surface area (Å²) in [5.74, 6) is 0.224. The Labute approximate surface area is 125 Å². The summed E-state index contributed by atoms with van der Waals surface area (Å²) in [5.41, 5.74) is 5.02. The van der Waals surface area contributed by atoms with Gasteiger partial charge in [0.15, 0.2) is 0 Å².